The van der Waals surface area contributed by atoms with Crippen LogP contribution in [0.4, 0.5) is 5.95 Å². The van der Waals surface area contributed by atoms with Crippen LogP contribution in [0.2, 0.25) is 5.02 Å². The van der Waals surface area contributed by atoms with Gasteiger partial charge in [0.15, 0.2) is 0 Å². The number of halogens is 1. The van der Waals surface area contributed by atoms with Gasteiger partial charge < -0.3 is 9.80 Å². The molecule has 1 aliphatic rings. The van der Waals surface area contributed by atoms with Crippen LogP contribution in [0.5, 0.6) is 0 Å². The van der Waals surface area contributed by atoms with Crippen molar-refractivity contribution in [2.24, 2.45) is 0 Å². The topological polar surface area (TPSA) is 41.4 Å². The molecule has 0 bridgehead atoms. The van der Waals surface area contributed by atoms with E-state index in [0.29, 0.717) is 18.1 Å². The summed E-state index contributed by atoms with van der Waals surface area (Å²) in [6.07, 6.45) is 3.73. The summed E-state index contributed by atoms with van der Waals surface area (Å²) in [5.74, 6) is 0.965. The highest BCUT2D eigenvalue weighted by Crippen LogP contribution is 2.22. The van der Waals surface area contributed by atoms with E-state index in [2.05, 4.69) is 9.88 Å². The molecule has 0 atom stereocenters. The summed E-state index contributed by atoms with van der Waals surface area (Å²) in [5.41, 5.74) is 2.88. The number of amides is 1. The van der Waals surface area contributed by atoms with Gasteiger partial charge in [0.1, 0.15) is 0 Å². The molecule has 5 nitrogen and oxygen atoms in total. The molecule has 0 radical (unpaired) electrons. The molecule has 0 unspecified atom stereocenters. The van der Waals surface area contributed by atoms with E-state index in [9.17, 15) is 4.79 Å². The molecule has 1 amide bonds. The molecule has 0 saturated carbocycles. The molecule has 3 aromatic rings. The number of aromatic nitrogens is 2. The summed E-state index contributed by atoms with van der Waals surface area (Å²) in [5, 5.41) is 0.695. The lowest BCUT2D eigenvalue weighted by Gasteiger charge is -2.35. The number of benzene rings is 2. The van der Waals surface area contributed by atoms with Crippen LogP contribution >= 0.6 is 11.6 Å². The Morgan fingerprint density at radius 1 is 1.04 bits per heavy atom. The molecule has 1 aromatic heterocycles. The fourth-order valence-corrected chi connectivity index (χ4v) is 3.53. The number of hydrogen-bond donors (Lipinski definition) is 0. The van der Waals surface area contributed by atoms with Gasteiger partial charge >= 0.3 is 0 Å². The molecule has 138 valence electrons. The fraction of sp³-hybridized carbons (Fsp3) is 0.238. The van der Waals surface area contributed by atoms with E-state index in [-0.39, 0.29) is 5.91 Å². The van der Waals surface area contributed by atoms with Gasteiger partial charge in [-0.15, -0.1) is 0 Å². The summed E-state index contributed by atoms with van der Waals surface area (Å²) >= 11 is 6.13. The lowest BCUT2D eigenvalue weighted by Crippen LogP contribution is -2.49. The van der Waals surface area contributed by atoms with Crippen molar-refractivity contribution in [1.29, 1.82) is 0 Å². The Bertz CT molecular complexity index is 943. The molecular formula is C21H21ClN4O. The van der Waals surface area contributed by atoms with Crippen LogP contribution in [0, 0.1) is 6.92 Å². The normalized spacial score (nSPS) is 14.4. The monoisotopic (exact) mass is 380 g/mol. The van der Waals surface area contributed by atoms with Gasteiger partial charge in [0, 0.05) is 54.8 Å². The average Bonchev–Trinajstić information content (AvgIpc) is 3.18. The first-order chi connectivity index (χ1) is 13.1. The second kappa shape index (κ2) is 7.45. The Morgan fingerprint density at radius 2 is 1.78 bits per heavy atom. The molecule has 1 fully saturated rings. The second-order valence-electron chi connectivity index (χ2n) is 6.72. The quantitative estimate of drug-likeness (QED) is 0.694. The molecule has 0 N–H and O–H groups in total. The zero-order chi connectivity index (χ0) is 18.8. The maximum Gasteiger partial charge on any atom is 0.253 e. The number of imidazole rings is 1. The Hall–Kier alpha value is -2.79. The molecule has 1 aliphatic heterocycles. The highest BCUT2D eigenvalue weighted by Gasteiger charge is 2.24. The largest absolute Gasteiger partial charge is 0.338 e. The summed E-state index contributed by atoms with van der Waals surface area (Å²) in [7, 11) is 0. The predicted molar refractivity (Wildman–Crippen MR) is 108 cm³/mol. The van der Waals surface area contributed by atoms with Crippen molar-refractivity contribution in [3.8, 4) is 5.69 Å². The molecular weight excluding hydrogens is 360 g/mol. The standard InChI is InChI=1S/C21H21ClN4O/c1-16-5-7-17(8-6-16)20(27)24-11-13-25(14-12-24)21-23-9-10-26(21)19-4-2-3-18(22)15-19/h2-10,15H,11-14H2,1H3. The number of piperazine rings is 1. The molecule has 2 aromatic carbocycles. The van der Waals surface area contributed by atoms with Crippen LogP contribution in [0.15, 0.2) is 60.9 Å². The maximum absolute atomic E-state index is 12.7. The van der Waals surface area contributed by atoms with Crippen molar-refractivity contribution >= 4 is 23.5 Å². The van der Waals surface area contributed by atoms with Gasteiger partial charge in [-0.1, -0.05) is 35.4 Å². The SMILES string of the molecule is Cc1ccc(C(=O)N2CCN(c3nccn3-c3cccc(Cl)c3)CC2)cc1. The Kier molecular flexibility index (Phi) is 4.86. The van der Waals surface area contributed by atoms with E-state index >= 15 is 0 Å². The molecule has 0 aliphatic carbocycles. The van der Waals surface area contributed by atoms with Crippen molar-refractivity contribution in [2.45, 2.75) is 6.92 Å². The van der Waals surface area contributed by atoms with Gasteiger partial charge in [-0.2, -0.15) is 0 Å². The second-order valence-corrected chi connectivity index (χ2v) is 7.16. The minimum Gasteiger partial charge on any atom is -0.338 e. The number of carbonyl (C=O) groups is 1. The first-order valence-electron chi connectivity index (χ1n) is 9.02. The smallest absolute Gasteiger partial charge is 0.253 e. The van der Waals surface area contributed by atoms with E-state index in [1.165, 1.54) is 0 Å². The molecule has 27 heavy (non-hydrogen) atoms. The van der Waals surface area contributed by atoms with E-state index in [0.717, 1.165) is 35.9 Å². The minimum absolute atomic E-state index is 0.0906. The van der Waals surface area contributed by atoms with Crippen molar-refractivity contribution in [2.75, 3.05) is 31.1 Å². The van der Waals surface area contributed by atoms with Crippen LogP contribution < -0.4 is 4.90 Å². The number of nitrogens with zero attached hydrogens (tertiary/aromatic N) is 4. The summed E-state index contributed by atoms with van der Waals surface area (Å²) < 4.78 is 2.03. The van der Waals surface area contributed by atoms with Crippen LogP contribution in [0.25, 0.3) is 5.69 Å². The fourth-order valence-electron chi connectivity index (χ4n) is 3.35. The average molecular weight is 381 g/mol. The minimum atomic E-state index is 0.0906. The molecule has 4 rings (SSSR count). The Morgan fingerprint density at radius 3 is 2.48 bits per heavy atom. The predicted octanol–water partition coefficient (Wildman–Crippen LogP) is 3.80. The van der Waals surface area contributed by atoms with Crippen molar-refractivity contribution in [1.82, 2.24) is 14.5 Å². The zero-order valence-corrected chi connectivity index (χ0v) is 15.9. The van der Waals surface area contributed by atoms with E-state index < -0.39 is 0 Å². The van der Waals surface area contributed by atoms with Gasteiger partial charge in [0.05, 0.1) is 0 Å². The highest BCUT2D eigenvalue weighted by molar-refractivity contribution is 6.30. The summed E-state index contributed by atoms with van der Waals surface area (Å²) in [6, 6.07) is 15.5. The summed E-state index contributed by atoms with van der Waals surface area (Å²) in [4.78, 5) is 21.3. The third kappa shape index (κ3) is 3.69. The van der Waals surface area contributed by atoms with E-state index in [4.69, 9.17) is 11.6 Å². The van der Waals surface area contributed by atoms with Crippen LogP contribution in [0.1, 0.15) is 15.9 Å². The lowest BCUT2D eigenvalue weighted by atomic mass is 10.1. The first-order valence-corrected chi connectivity index (χ1v) is 9.40. The van der Waals surface area contributed by atoms with Crippen molar-refractivity contribution in [3.05, 3.63) is 77.1 Å². The maximum atomic E-state index is 12.7. The number of anilines is 1. The van der Waals surface area contributed by atoms with Crippen LogP contribution in [-0.2, 0) is 0 Å². The molecule has 2 heterocycles. The molecule has 0 spiro atoms. The van der Waals surface area contributed by atoms with Crippen molar-refractivity contribution in [3.63, 3.8) is 0 Å². The van der Waals surface area contributed by atoms with Gasteiger partial charge in [-0.3, -0.25) is 9.36 Å². The third-order valence-corrected chi connectivity index (χ3v) is 5.09. The highest BCUT2D eigenvalue weighted by atomic mass is 35.5. The van der Waals surface area contributed by atoms with Gasteiger partial charge in [0.25, 0.3) is 5.91 Å². The van der Waals surface area contributed by atoms with Gasteiger partial charge in [0.2, 0.25) is 5.95 Å². The zero-order valence-electron chi connectivity index (χ0n) is 15.2. The number of aryl methyl sites for hydroxylation is 1. The van der Waals surface area contributed by atoms with Crippen LogP contribution in [-0.4, -0.2) is 46.5 Å². The summed E-state index contributed by atoms with van der Waals surface area (Å²) in [6.45, 7) is 4.86. The Labute approximate surface area is 163 Å². The number of carbonyl (C=O) groups excluding carboxylic acids is 1. The number of rotatable bonds is 3. The first kappa shape index (κ1) is 17.6. The van der Waals surface area contributed by atoms with E-state index in [1.807, 2.05) is 71.1 Å². The van der Waals surface area contributed by atoms with E-state index in [1.54, 1.807) is 6.20 Å². The van der Waals surface area contributed by atoms with Gasteiger partial charge in [-0.05, 0) is 37.3 Å². The van der Waals surface area contributed by atoms with Gasteiger partial charge in [-0.25, -0.2) is 4.98 Å². The lowest BCUT2D eigenvalue weighted by molar-refractivity contribution is 0.0746. The molecule has 6 heteroatoms. The number of hydrogen-bond acceptors (Lipinski definition) is 3. The third-order valence-electron chi connectivity index (χ3n) is 4.86. The molecule has 1 saturated heterocycles. The van der Waals surface area contributed by atoms with Crippen molar-refractivity contribution < 1.29 is 4.79 Å². The Balaban J connectivity index is 1.47. The van der Waals surface area contributed by atoms with Crippen LogP contribution in [0.3, 0.4) is 0 Å².